The Morgan fingerprint density at radius 2 is 2.00 bits per heavy atom. The maximum absolute atomic E-state index is 11.6. The zero-order valence-corrected chi connectivity index (χ0v) is 7.53. The second kappa shape index (κ2) is 5.78. The standard InChI is InChI=1S/C9H13F3O/c1-2-3-5-8(13)6-4-7-9(10,11)12/h3,5H,2,4,6-7H2,1H3/b5-3+. The fraction of sp³-hybridized carbons (Fsp3) is 0.667. The van der Waals surface area contributed by atoms with Crippen LogP contribution in [0.2, 0.25) is 0 Å². The summed E-state index contributed by atoms with van der Waals surface area (Å²) in [5.41, 5.74) is 0. The smallest absolute Gasteiger partial charge is 0.295 e. The highest BCUT2D eigenvalue weighted by Gasteiger charge is 2.26. The van der Waals surface area contributed by atoms with Crippen molar-refractivity contribution in [1.82, 2.24) is 0 Å². The summed E-state index contributed by atoms with van der Waals surface area (Å²) in [5, 5.41) is 0. The zero-order valence-electron chi connectivity index (χ0n) is 7.53. The van der Waals surface area contributed by atoms with Gasteiger partial charge in [0.2, 0.25) is 0 Å². The van der Waals surface area contributed by atoms with Crippen molar-refractivity contribution < 1.29 is 18.0 Å². The summed E-state index contributed by atoms with van der Waals surface area (Å²) < 4.78 is 34.9. The Bertz CT molecular complexity index is 182. The largest absolute Gasteiger partial charge is 0.389 e. The first-order valence-electron chi connectivity index (χ1n) is 4.22. The summed E-state index contributed by atoms with van der Waals surface area (Å²) in [4.78, 5) is 10.8. The molecule has 0 rings (SSSR count). The summed E-state index contributed by atoms with van der Waals surface area (Å²) in [6.07, 6.45) is -1.43. The summed E-state index contributed by atoms with van der Waals surface area (Å²) in [5.74, 6) is -0.230. The van der Waals surface area contributed by atoms with Gasteiger partial charge < -0.3 is 0 Å². The van der Waals surface area contributed by atoms with E-state index >= 15 is 0 Å². The minimum absolute atomic E-state index is 0.0178. The molecular formula is C9H13F3O. The quantitative estimate of drug-likeness (QED) is 0.614. The van der Waals surface area contributed by atoms with E-state index in [2.05, 4.69) is 0 Å². The van der Waals surface area contributed by atoms with Gasteiger partial charge in [0.1, 0.15) is 0 Å². The monoisotopic (exact) mass is 194 g/mol. The Hall–Kier alpha value is -0.800. The van der Waals surface area contributed by atoms with Crippen molar-refractivity contribution in [3.63, 3.8) is 0 Å². The molecule has 0 aliphatic rings. The van der Waals surface area contributed by atoms with Crippen molar-refractivity contribution in [2.75, 3.05) is 0 Å². The summed E-state index contributed by atoms with van der Waals surface area (Å²) in [7, 11) is 0. The van der Waals surface area contributed by atoms with E-state index < -0.39 is 12.6 Å². The van der Waals surface area contributed by atoms with Crippen molar-refractivity contribution in [3.8, 4) is 0 Å². The molecule has 0 aliphatic carbocycles. The number of hydrogen-bond donors (Lipinski definition) is 0. The average molecular weight is 194 g/mol. The van der Waals surface area contributed by atoms with Crippen LogP contribution in [0.15, 0.2) is 12.2 Å². The molecule has 0 saturated carbocycles. The van der Waals surface area contributed by atoms with Gasteiger partial charge in [-0.15, -0.1) is 0 Å². The van der Waals surface area contributed by atoms with Crippen molar-refractivity contribution >= 4 is 5.78 Å². The van der Waals surface area contributed by atoms with Crippen molar-refractivity contribution in [2.24, 2.45) is 0 Å². The molecule has 0 N–H and O–H groups in total. The zero-order chi connectivity index (χ0) is 10.3. The molecule has 0 saturated heterocycles. The van der Waals surface area contributed by atoms with E-state index in [4.69, 9.17) is 0 Å². The average Bonchev–Trinajstić information content (AvgIpc) is 1.98. The van der Waals surface area contributed by atoms with Crippen LogP contribution < -0.4 is 0 Å². The van der Waals surface area contributed by atoms with Crippen molar-refractivity contribution in [1.29, 1.82) is 0 Å². The second-order valence-electron chi connectivity index (χ2n) is 2.75. The van der Waals surface area contributed by atoms with Gasteiger partial charge in [-0.05, 0) is 18.9 Å². The highest BCUT2D eigenvalue weighted by Crippen LogP contribution is 2.22. The lowest BCUT2D eigenvalue weighted by Gasteiger charge is -2.03. The molecule has 0 spiro atoms. The van der Waals surface area contributed by atoms with Crippen LogP contribution in [0.3, 0.4) is 0 Å². The molecule has 0 aromatic rings. The molecule has 0 fully saturated rings. The molecule has 0 aliphatic heterocycles. The molecular weight excluding hydrogens is 181 g/mol. The third-order valence-electron chi connectivity index (χ3n) is 1.42. The van der Waals surface area contributed by atoms with E-state index in [9.17, 15) is 18.0 Å². The van der Waals surface area contributed by atoms with Gasteiger partial charge in [-0.25, -0.2) is 0 Å². The first-order valence-corrected chi connectivity index (χ1v) is 4.22. The Morgan fingerprint density at radius 1 is 1.38 bits per heavy atom. The van der Waals surface area contributed by atoms with Crippen LogP contribution in [0, 0.1) is 0 Å². The van der Waals surface area contributed by atoms with Gasteiger partial charge in [-0.2, -0.15) is 13.2 Å². The molecule has 0 amide bonds. The molecule has 4 heteroatoms. The van der Waals surface area contributed by atoms with E-state index in [1.807, 2.05) is 6.92 Å². The second-order valence-corrected chi connectivity index (χ2v) is 2.75. The molecule has 0 atom stereocenters. The van der Waals surface area contributed by atoms with Gasteiger partial charge in [0.15, 0.2) is 5.78 Å². The van der Waals surface area contributed by atoms with Gasteiger partial charge in [0.05, 0.1) is 0 Å². The number of carbonyl (C=O) groups excluding carboxylic acids is 1. The SMILES string of the molecule is CC/C=C/C(=O)CCCC(F)(F)F. The summed E-state index contributed by atoms with van der Waals surface area (Å²) >= 11 is 0. The van der Waals surface area contributed by atoms with E-state index in [0.29, 0.717) is 0 Å². The third kappa shape index (κ3) is 9.11. The minimum Gasteiger partial charge on any atom is -0.295 e. The van der Waals surface area contributed by atoms with Crippen LogP contribution >= 0.6 is 0 Å². The molecule has 0 heterocycles. The maximum Gasteiger partial charge on any atom is 0.389 e. The molecule has 1 nitrogen and oxygen atoms in total. The van der Waals surface area contributed by atoms with E-state index in [1.165, 1.54) is 6.08 Å². The Morgan fingerprint density at radius 3 is 2.46 bits per heavy atom. The summed E-state index contributed by atoms with van der Waals surface area (Å²) in [6.45, 7) is 1.86. The summed E-state index contributed by atoms with van der Waals surface area (Å²) in [6, 6.07) is 0. The lowest BCUT2D eigenvalue weighted by molar-refractivity contribution is -0.136. The first-order chi connectivity index (χ1) is 5.95. The van der Waals surface area contributed by atoms with Crippen molar-refractivity contribution in [2.45, 2.75) is 38.8 Å². The molecule has 0 aromatic heterocycles. The van der Waals surface area contributed by atoms with Crippen LogP contribution in [0.4, 0.5) is 13.2 Å². The van der Waals surface area contributed by atoms with E-state index in [-0.39, 0.29) is 18.6 Å². The number of allylic oxidation sites excluding steroid dienone is 2. The predicted molar refractivity (Wildman–Crippen MR) is 44.3 cm³/mol. The van der Waals surface area contributed by atoms with Gasteiger partial charge in [-0.3, -0.25) is 4.79 Å². The maximum atomic E-state index is 11.6. The van der Waals surface area contributed by atoms with Crippen molar-refractivity contribution in [3.05, 3.63) is 12.2 Å². The molecule has 0 unspecified atom stereocenters. The fourth-order valence-electron chi connectivity index (χ4n) is 0.796. The normalized spacial score (nSPS) is 12.3. The van der Waals surface area contributed by atoms with E-state index in [1.54, 1.807) is 6.08 Å². The molecule has 0 aromatic carbocycles. The van der Waals surface area contributed by atoms with Crippen LogP contribution in [-0.2, 0) is 4.79 Å². The van der Waals surface area contributed by atoms with Gasteiger partial charge >= 0.3 is 6.18 Å². The number of alkyl halides is 3. The van der Waals surface area contributed by atoms with Crippen LogP contribution in [-0.4, -0.2) is 12.0 Å². The lowest BCUT2D eigenvalue weighted by atomic mass is 10.1. The topological polar surface area (TPSA) is 17.1 Å². The number of ketones is 1. The Balaban J connectivity index is 3.54. The van der Waals surface area contributed by atoms with Gasteiger partial charge in [0, 0.05) is 12.8 Å². The fourth-order valence-corrected chi connectivity index (χ4v) is 0.796. The van der Waals surface area contributed by atoms with E-state index in [0.717, 1.165) is 6.42 Å². The number of rotatable bonds is 5. The van der Waals surface area contributed by atoms with Crippen LogP contribution in [0.5, 0.6) is 0 Å². The molecule has 76 valence electrons. The Labute approximate surface area is 75.6 Å². The van der Waals surface area contributed by atoms with Crippen LogP contribution in [0.1, 0.15) is 32.6 Å². The minimum atomic E-state index is -4.14. The molecule has 13 heavy (non-hydrogen) atoms. The lowest BCUT2D eigenvalue weighted by Crippen LogP contribution is -2.07. The van der Waals surface area contributed by atoms with Crippen LogP contribution in [0.25, 0.3) is 0 Å². The number of halogens is 3. The third-order valence-corrected chi connectivity index (χ3v) is 1.42. The molecule has 0 bridgehead atoms. The Kier molecular flexibility index (Phi) is 5.42. The predicted octanol–water partition coefficient (Wildman–Crippen LogP) is 3.25. The highest BCUT2D eigenvalue weighted by molar-refractivity contribution is 5.89. The van der Waals surface area contributed by atoms with Gasteiger partial charge in [-0.1, -0.05) is 13.0 Å². The van der Waals surface area contributed by atoms with Gasteiger partial charge in [0.25, 0.3) is 0 Å². The highest BCUT2D eigenvalue weighted by atomic mass is 19.4. The first kappa shape index (κ1) is 12.2. The number of hydrogen-bond acceptors (Lipinski definition) is 1. The number of carbonyl (C=O) groups is 1. The molecule has 0 radical (unpaired) electrons.